The lowest BCUT2D eigenvalue weighted by atomic mass is 10.2. The molecule has 1 atom stereocenters. The van der Waals surface area contributed by atoms with Crippen molar-refractivity contribution in [1.29, 1.82) is 0 Å². The molecule has 0 aliphatic rings. The highest BCUT2D eigenvalue weighted by Gasteiger charge is 2.05. The molecule has 0 spiro atoms. The van der Waals surface area contributed by atoms with E-state index in [9.17, 15) is 0 Å². The Balaban J connectivity index is 2.47. The normalized spacial score (nSPS) is 11.9. The average Bonchev–Trinajstić information content (AvgIpc) is 2.26. The molecule has 0 fully saturated rings. The summed E-state index contributed by atoms with van der Waals surface area (Å²) in [6, 6.07) is 7.40. The van der Waals surface area contributed by atoms with E-state index < -0.39 is 0 Å². The molecule has 0 aliphatic carbocycles. The summed E-state index contributed by atoms with van der Waals surface area (Å²) in [4.78, 5) is 0.475. The van der Waals surface area contributed by atoms with Crippen LogP contribution in [0.2, 0.25) is 0 Å². The van der Waals surface area contributed by atoms with Gasteiger partial charge in [0.1, 0.15) is 11.5 Å². The zero-order valence-corrected chi connectivity index (χ0v) is 9.71. The Morgan fingerprint density at radius 1 is 1.33 bits per heavy atom. The molecule has 0 bridgehead atoms. The smallest absolute Gasteiger partial charge is 0.119 e. The van der Waals surface area contributed by atoms with E-state index in [0.717, 1.165) is 11.5 Å². The third-order valence-corrected chi connectivity index (χ3v) is 2.45. The van der Waals surface area contributed by atoms with Crippen LogP contribution in [0.1, 0.15) is 6.92 Å². The highest BCUT2D eigenvalue weighted by Crippen LogP contribution is 2.17. The summed E-state index contributed by atoms with van der Waals surface area (Å²) in [5, 5.41) is 0. The van der Waals surface area contributed by atoms with Gasteiger partial charge in [-0.05, 0) is 24.3 Å². The first kappa shape index (κ1) is 11.8. The fourth-order valence-corrected chi connectivity index (χ4v) is 1.04. The third kappa shape index (κ3) is 3.75. The van der Waals surface area contributed by atoms with Crippen LogP contribution in [0.15, 0.2) is 24.3 Å². The second-order valence-corrected chi connectivity index (χ2v) is 3.76. The van der Waals surface area contributed by atoms with Crippen molar-refractivity contribution in [2.45, 2.75) is 6.92 Å². The SMILES string of the molecule is COc1ccc(OCC(C)C(N)=S)cc1. The van der Waals surface area contributed by atoms with Gasteiger partial charge in [-0.1, -0.05) is 19.1 Å². The van der Waals surface area contributed by atoms with E-state index in [2.05, 4.69) is 0 Å². The zero-order valence-electron chi connectivity index (χ0n) is 8.90. The van der Waals surface area contributed by atoms with Crippen LogP contribution in [0.4, 0.5) is 0 Å². The van der Waals surface area contributed by atoms with Gasteiger partial charge in [0.25, 0.3) is 0 Å². The minimum Gasteiger partial charge on any atom is -0.497 e. The molecule has 2 N–H and O–H groups in total. The third-order valence-electron chi connectivity index (χ3n) is 2.05. The largest absolute Gasteiger partial charge is 0.497 e. The molecule has 4 heteroatoms. The number of ether oxygens (including phenoxy) is 2. The van der Waals surface area contributed by atoms with Crippen LogP contribution in [0, 0.1) is 5.92 Å². The van der Waals surface area contributed by atoms with Crippen molar-refractivity contribution in [3.8, 4) is 11.5 Å². The topological polar surface area (TPSA) is 44.5 Å². The van der Waals surface area contributed by atoms with Crippen LogP contribution < -0.4 is 15.2 Å². The van der Waals surface area contributed by atoms with Crippen LogP contribution in [0.5, 0.6) is 11.5 Å². The molecule has 0 heterocycles. The van der Waals surface area contributed by atoms with Gasteiger partial charge >= 0.3 is 0 Å². The van der Waals surface area contributed by atoms with Gasteiger partial charge < -0.3 is 15.2 Å². The van der Waals surface area contributed by atoms with Gasteiger partial charge in [-0.2, -0.15) is 0 Å². The summed E-state index contributed by atoms with van der Waals surface area (Å²) in [5.41, 5.74) is 5.48. The number of hydrogen-bond donors (Lipinski definition) is 1. The summed E-state index contributed by atoms with van der Waals surface area (Å²) in [7, 11) is 1.63. The molecular weight excluding hydrogens is 210 g/mol. The molecule has 0 radical (unpaired) electrons. The quantitative estimate of drug-likeness (QED) is 0.778. The van der Waals surface area contributed by atoms with Crippen molar-refractivity contribution in [2.24, 2.45) is 11.7 Å². The second kappa shape index (κ2) is 5.56. The van der Waals surface area contributed by atoms with E-state index in [4.69, 9.17) is 27.4 Å². The van der Waals surface area contributed by atoms with Crippen LogP contribution in [-0.4, -0.2) is 18.7 Å². The average molecular weight is 225 g/mol. The number of methoxy groups -OCH3 is 1. The predicted molar refractivity (Wildman–Crippen MR) is 64.4 cm³/mol. The van der Waals surface area contributed by atoms with Gasteiger partial charge in [0.05, 0.1) is 18.7 Å². The molecular formula is C11H15NO2S. The summed E-state index contributed by atoms with van der Waals surface area (Å²) < 4.78 is 10.5. The highest BCUT2D eigenvalue weighted by atomic mass is 32.1. The van der Waals surface area contributed by atoms with Gasteiger partial charge in [0.15, 0.2) is 0 Å². The minimum absolute atomic E-state index is 0.0853. The lowest BCUT2D eigenvalue weighted by Gasteiger charge is -2.11. The summed E-state index contributed by atoms with van der Waals surface area (Å²) in [5.74, 6) is 1.69. The van der Waals surface area contributed by atoms with Crippen LogP contribution in [0.3, 0.4) is 0 Å². The maximum absolute atomic E-state index is 5.51. The number of thiocarbonyl (C=S) groups is 1. The Labute approximate surface area is 95.2 Å². The lowest BCUT2D eigenvalue weighted by Crippen LogP contribution is -2.23. The Bertz CT molecular complexity index is 324. The molecule has 1 aromatic rings. The lowest BCUT2D eigenvalue weighted by molar-refractivity contribution is 0.293. The zero-order chi connectivity index (χ0) is 11.3. The van der Waals surface area contributed by atoms with E-state index in [1.54, 1.807) is 7.11 Å². The molecule has 3 nitrogen and oxygen atoms in total. The first-order valence-electron chi connectivity index (χ1n) is 4.69. The molecule has 0 amide bonds. The van der Waals surface area contributed by atoms with E-state index in [1.165, 1.54) is 0 Å². The minimum atomic E-state index is 0.0853. The Morgan fingerprint density at radius 2 is 1.87 bits per heavy atom. The van der Waals surface area contributed by atoms with E-state index >= 15 is 0 Å². The van der Waals surface area contributed by atoms with Crippen molar-refractivity contribution < 1.29 is 9.47 Å². The van der Waals surface area contributed by atoms with Crippen molar-refractivity contribution in [3.05, 3.63) is 24.3 Å². The second-order valence-electron chi connectivity index (χ2n) is 3.29. The van der Waals surface area contributed by atoms with E-state index in [0.29, 0.717) is 11.6 Å². The Hall–Kier alpha value is -1.29. The maximum atomic E-state index is 5.51. The first-order valence-corrected chi connectivity index (χ1v) is 5.10. The number of benzene rings is 1. The van der Waals surface area contributed by atoms with Crippen molar-refractivity contribution in [2.75, 3.05) is 13.7 Å². The van der Waals surface area contributed by atoms with Crippen LogP contribution in [0.25, 0.3) is 0 Å². The Kier molecular flexibility index (Phi) is 4.37. The standard InChI is InChI=1S/C11H15NO2S/c1-8(11(12)15)7-14-10-5-3-9(13-2)4-6-10/h3-6,8H,7H2,1-2H3,(H2,12,15). The molecule has 0 aromatic heterocycles. The van der Waals surface area contributed by atoms with Crippen molar-refractivity contribution >= 4 is 17.2 Å². The van der Waals surface area contributed by atoms with Gasteiger partial charge in [0, 0.05) is 5.92 Å². The Morgan fingerprint density at radius 3 is 2.33 bits per heavy atom. The van der Waals surface area contributed by atoms with Gasteiger partial charge in [0.2, 0.25) is 0 Å². The molecule has 15 heavy (non-hydrogen) atoms. The highest BCUT2D eigenvalue weighted by molar-refractivity contribution is 7.80. The van der Waals surface area contributed by atoms with E-state index in [1.807, 2.05) is 31.2 Å². The molecule has 1 rings (SSSR count). The van der Waals surface area contributed by atoms with Crippen LogP contribution in [-0.2, 0) is 0 Å². The van der Waals surface area contributed by atoms with Gasteiger partial charge in [-0.3, -0.25) is 0 Å². The maximum Gasteiger partial charge on any atom is 0.119 e. The van der Waals surface area contributed by atoms with Crippen molar-refractivity contribution in [3.63, 3.8) is 0 Å². The molecule has 0 saturated heterocycles. The summed E-state index contributed by atoms with van der Waals surface area (Å²) in [6.07, 6.45) is 0. The first-order chi connectivity index (χ1) is 7.13. The van der Waals surface area contributed by atoms with Gasteiger partial charge in [-0.25, -0.2) is 0 Å². The van der Waals surface area contributed by atoms with Crippen molar-refractivity contribution in [1.82, 2.24) is 0 Å². The monoisotopic (exact) mass is 225 g/mol. The van der Waals surface area contributed by atoms with E-state index in [-0.39, 0.29) is 5.92 Å². The summed E-state index contributed by atoms with van der Waals surface area (Å²) >= 11 is 4.85. The fourth-order valence-electron chi connectivity index (χ4n) is 0.975. The molecule has 1 unspecified atom stereocenters. The number of hydrogen-bond acceptors (Lipinski definition) is 3. The molecule has 0 aliphatic heterocycles. The number of nitrogens with two attached hydrogens (primary N) is 1. The molecule has 82 valence electrons. The molecule has 0 saturated carbocycles. The number of rotatable bonds is 5. The fraction of sp³-hybridized carbons (Fsp3) is 0.364. The van der Waals surface area contributed by atoms with Gasteiger partial charge in [-0.15, -0.1) is 0 Å². The summed E-state index contributed by atoms with van der Waals surface area (Å²) in [6.45, 7) is 2.44. The predicted octanol–water partition coefficient (Wildman–Crippen LogP) is 2.00. The van der Waals surface area contributed by atoms with Crippen LogP contribution >= 0.6 is 12.2 Å². The molecule has 1 aromatic carbocycles.